The quantitative estimate of drug-likeness (QED) is 0.377. The lowest BCUT2D eigenvalue weighted by Crippen LogP contribution is -2.51. The van der Waals surface area contributed by atoms with E-state index in [0.717, 1.165) is 0 Å². The Morgan fingerprint density at radius 2 is 1.29 bits per heavy atom. The highest BCUT2D eigenvalue weighted by Crippen LogP contribution is 2.05. The minimum atomic E-state index is -4.21. The second-order valence-corrected chi connectivity index (χ2v) is 7.53. The van der Waals surface area contributed by atoms with Gasteiger partial charge in [0.25, 0.3) is 10.2 Å². The predicted octanol–water partition coefficient (Wildman–Crippen LogP) is -0.177. The van der Waals surface area contributed by atoms with Crippen molar-refractivity contribution in [3.63, 3.8) is 0 Å². The van der Waals surface area contributed by atoms with Gasteiger partial charge in [-0.25, -0.2) is 0 Å². The molecule has 0 aliphatic rings. The Labute approximate surface area is 132 Å². The summed E-state index contributed by atoms with van der Waals surface area (Å²) in [5, 5.41) is 17.9. The number of thioether (sulfide) groups is 2. The zero-order valence-corrected chi connectivity index (χ0v) is 14.2. The maximum absolute atomic E-state index is 11.8. The van der Waals surface area contributed by atoms with E-state index in [4.69, 9.17) is 10.2 Å². The van der Waals surface area contributed by atoms with Crippen LogP contribution in [-0.2, 0) is 19.8 Å². The average molecular weight is 360 g/mol. The monoisotopic (exact) mass is 360 g/mol. The van der Waals surface area contributed by atoms with E-state index in [0.29, 0.717) is 11.5 Å². The fourth-order valence-corrected chi connectivity index (χ4v) is 3.54. The van der Waals surface area contributed by atoms with Crippen molar-refractivity contribution in [3.05, 3.63) is 0 Å². The van der Waals surface area contributed by atoms with E-state index in [-0.39, 0.29) is 12.8 Å². The minimum Gasteiger partial charge on any atom is -0.480 e. The maximum atomic E-state index is 11.8. The van der Waals surface area contributed by atoms with Crippen LogP contribution in [0.3, 0.4) is 0 Å². The molecule has 0 amide bonds. The van der Waals surface area contributed by atoms with Crippen molar-refractivity contribution in [2.24, 2.45) is 0 Å². The van der Waals surface area contributed by atoms with Crippen molar-refractivity contribution in [2.75, 3.05) is 24.0 Å². The van der Waals surface area contributed by atoms with Gasteiger partial charge in [-0.15, -0.1) is 0 Å². The van der Waals surface area contributed by atoms with Gasteiger partial charge in [0, 0.05) is 0 Å². The van der Waals surface area contributed by atoms with Crippen molar-refractivity contribution in [3.8, 4) is 0 Å². The van der Waals surface area contributed by atoms with E-state index >= 15 is 0 Å². The molecule has 0 spiro atoms. The van der Waals surface area contributed by atoms with Gasteiger partial charge < -0.3 is 10.2 Å². The van der Waals surface area contributed by atoms with Gasteiger partial charge in [-0.05, 0) is 36.9 Å². The van der Waals surface area contributed by atoms with Crippen molar-refractivity contribution in [1.29, 1.82) is 0 Å². The first-order valence-electron chi connectivity index (χ1n) is 5.96. The van der Waals surface area contributed by atoms with Crippen LogP contribution >= 0.6 is 23.5 Å². The van der Waals surface area contributed by atoms with Crippen LogP contribution in [0.1, 0.15) is 12.8 Å². The molecule has 0 heterocycles. The van der Waals surface area contributed by atoms with Crippen molar-refractivity contribution >= 4 is 45.7 Å². The molecule has 124 valence electrons. The molecule has 11 heteroatoms. The van der Waals surface area contributed by atoms with Gasteiger partial charge in [-0.3, -0.25) is 9.59 Å². The van der Waals surface area contributed by atoms with Gasteiger partial charge in [0.15, 0.2) is 0 Å². The van der Waals surface area contributed by atoms with Crippen molar-refractivity contribution in [2.45, 2.75) is 24.9 Å². The zero-order chi connectivity index (χ0) is 16.5. The normalized spacial score (nSPS) is 14.6. The van der Waals surface area contributed by atoms with Gasteiger partial charge in [0.05, 0.1) is 0 Å². The Morgan fingerprint density at radius 1 is 0.952 bits per heavy atom. The largest absolute Gasteiger partial charge is 0.480 e. The fraction of sp³-hybridized carbons (Fsp3) is 0.800. The number of hydrogen-bond donors (Lipinski definition) is 4. The van der Waals surface area contributed by atoms with E-state index in [1.54, 1.807) is 12.5 Å². The molecule has 0 aromatic rings. The standard InChI is InChI=1S/C10H20N2O6S3/c1-19-5-3-7(9(13)14)11-21(17,18)12-8(10(15)16)4-6-20-2/h7-8,11-12H,3-6H2,1-2H3,(H,13,14)(H,15,16)/t7-,8-/m0/s1. The van der Waals surface area contributed by atoms with E-state index < -0.39 is 34.2 Å². The van der Waals surface area contributed by atoms with Crippen molar-refractivity contribution in [1.82, 2.24) is 9.44 Å². The van der Waals surface area contributed by atoms with Crippen LogP contribution in [0.5, 0.6) is 0 Å². The lowest BCUT2D eigenvalue weighted by atomic mass is 10.2. The molecule has 4 N–H and O–H groups in total. The summed E-state index contributed by atoms with van der Waals surface area (Å²) in [5.74, 6) is -1.67. The smallest absolute Gasteiger partial charge is 0.321 e. The number of carboxylic acid groups (broad SMARTS) is 2. The van der Waals surface area contributed by atoms with Crippen LogP contribution < -0.4 is 9.44 Å². The summed E-state index contributed by atoms with van der Waals surface area (Å²) in [5.41, 5.74) is 0. The zero-order valence-electron chi connectivity index (χ0n) is 11.7. The molecule has 0 rings (SSSR count). The average Bonchev–Trinajstić information content (AvgIpc) is 2.38. The van der Waals surface area contributed by atoms with Gasteiger partial charge in [-0.2, -0.15) is 41.4 Å². The molecular formula is C10H20N2O6S3. The molecule has 0 unspecified atom stereocenters. The summed E-state index contributed by atoms with van der Waals surface area (Å²) in [7, 11) is -4.21. The first-order chi connectivity index (χ1) is 9.73. The third kappa shape index (κ3) is 9.19. The Morgan fingerprint density at radius 3 is 1.52 bits per heavy atom. The fourth-order valence-electron chi connectivity index (χ4n) is 1.35. The van der Waals surface area contributed by atoms with Crippen LogP contribution in [0, 0.1) is 0 Å². The van der Waals surface area contributed by atoms with E-state index in [2.05, 4.69) is 0 Å². The molecule has 2 atom stereocenters. The van der Waals surface area contributed by atoms with Crippen LogP contribution in [0.4, 0.5) is 0 Å². The molecule has 0 fully saturated rings. The minimum absolute atomic E-state index is 0.111. The lowest BCUT2D eigenvalue weighted by molar-refractivity contribution is -0.139. The van der Waals surface area contributed by atoms with Crippen LogP contribution in [0.25, 0.3) is 0 Å². The number of carboxylic acids is 2. The Hall–Kier alpha value is -0.490. The van der Waals surface area contributed by atoms with Gasteiger partial charge in [0.2, 0.25) is 0 Å². The predicted molar refractivity (Wildman–Crippen MR) is 84.0 cm³/mol. The highest BCUT2D eigenvalue weighted by molar-refractivity contribution is 7.98. The van der Waals surface area contributed by atoms with Crippen LogP contribution in [-0.4, -0.2) is 66.7 Å². The summed E-state index contributed by atoms with van der Waals surface area (Å²) >= 11 is 2.78. The Balaban J connectivity index is 4.76. The molecule has 0 aliphatic heterocycles. The van der Waals surface area contributed by atoms with Crippen LogP contribution in [0.15, 0.2) is 0 Å². The molecule has 0 bridgehead atoms. The highest BCUT2D eigenvalue weighted by atomic mass is 32.2. The van der Waals surface area contributed by atoms with Gasteiger partial charge >= 0.3 is 11.9 Å². The van der Waals surface area contributed by atoms with E-state index in [1.807, 2.05) is 9.44 Å². The Bertz CT molecular complexity index is 408. The first kappa shape index (κ1) is 20.5. The molecule has 0 aromatic heterocycles. The number of hydrogen-bond acceptors (Lipinski definition) is 6. The number of aliphatic carboxylic acids is 2. The first-order valence-corrected chi connectivity index (χ1v) is 10.2. The maximum Gasteiger partial charge on any atom is 0.321 e. The molecule has 0 radical (unpaired) electrons. The van der Waals surface area contributed by atoms with Gasteiger partial charge in [-0.1, -0.05) is 0 Å². The molecule has 0 saturated heterocycles. The summed E-state index contributed by atoms with van der Waals surface area (Å²) in [6, 6.07) is -2.57. The molecular weight excluding hydrogens is 340 g/mol. The van der Waals surface area contributed by atoms with Gasteiger partial charge in [0.1, 0.15) is 12.1 Å². The van der Waals surface area contributed by atoms with E-state index in [9.17, 15) is 18.0 Å². The molecule has 21 heavy (non-hydrogen) atoms. The molecule has 0 saturated carbocycles. The number of rotatable bonds is 12. The SMILES string of the molecule is CSCC[C@H](NS(=O)(=O)N[C@@H](CCSC)C(=O)O)C(=O)O. The third-order valence-electron chi connectivity index (χ3n) is 2.41. The lowest BCUT2D eigenvalue weighted by Gasteiger charge is -2.18. The summed E-state index contributed by atoms with van der Waals surface area (Å²) in [6.45, 7) is 0. The molecule has 0 aliphatic carbocycles. The van der Waals surface area contributed by atoms with Crippen LogP contribution in [0.2, 0.25) is 0 Å². The summed E-state index contributed by atoms with van der Waals surface area (Å²) < 4.78 is 27.6. The van der Waals surface area contributed by atoms with Crippen molar-refractivity contribution < 1.29 is 28.2 Å². The highest BCUT2D eigenvalue weighted by Gasteiger charge is 2.28. The molecule has 8 nitrogen and oxygen atoms in total. The Kier molecular flexibility index (Phi) is 10.0. The molecule has 0 aromatic carbocycles. The number of carbonyl (C=O) groups is 2. The second kappa shape index (κ2) is 10.3. The third-order valence-corrected chi connectivity index (χ3v) is 4.89. The van der Waals surface area contributed by atoms with E-state index in [1.165, 1.54) is 23.5 Å². The topological polar surface area (TPSA) is 133 Å². The number of nitrogens with one attached hydrogen (secondary N) is 2. The summed E-state index contributed by atoms with van der Waals surface area (Å²) in [4.78, 5) is 22.0. The second-order valence-electron chi connectivity index (χ2n) is 4.08. The summed E-state index contributed by atoms with van der Waals surface area (Å²) in [6.07, 6.45) is 3.77.